The summed E-state index contributed by atoms with van der Waals surface area (Å²) < 4.78 is 0. The highest BCUT2D eigenvalue weighted by Gasteiger charge is 2.02. The summed E-state index contributed by atoms with van der Waals surface area (Å²) in [6, 6.07) is 0. The predicted molar refractivity (Wildman–Crippen MR) is 463 cm³/mol. The van der Waals surface area contributed by atoms with Crippen LogP contribution in [0.4, 0.5) is 0 Å². The third kappa shape index (κ3) is 95.4. The standard InChI is InChI=1S/C100H182/c1-3-5-7-9-11-13-15-17-19-21-23-25-27-29-31-33-35-37-39-41-43-45-47-49-51-53-55-57-59-61-63-65-67-69-71-73-75-77-79-81-83-85-87-89-91-93-95-97-99-100-98-96-94-92-90-88-86-84-82-80-78-76-74-72-70-68-66-64-62-60-58-56-54-52-50-48-46-44-42-40-38-36-34-32-30-28-26-24-22-20-18-16-14-12-10-8-6-4-2/h3,5,7,9,11,13,15,17,19,21,23,25,27,29,31,33,35,37,39H,1,4,6,8,10,12,14,16,18,20,22,24,26,28,30,32,34,36,38,40-100H2,2H3. The Morgan fingerprint density at radius 1 is 0.120 bits per heavy atom. The van der Waals surface area contributed by atoms with Gasteiger partial charge in [-0.3, -0.25) is 0 Å². The first-order chi connectivity index (χ1) is 49.9. The Hall–Kier alpha value is -2.60. The molecule has 0 aliphatic heterocycles. The normalized spacial score (nSPS) is 12.5. The maximum atomic E-state index is 3.65. The number of hydrogen-bond acceptors (Lipinski definition) is 0. The molecule has 0 atom stereocenters. The Balaban J connectivity index is 3.16. The van der Waals surface area contributed by atoms with E-state index in [2.05, 4.69) is 56.0 Å². The zero-order valence-corrected chi connectivity index (χ0v) is 68.5. The van der Waals surface area contributed by atoms with Crippen molar-refractivity contribution >= 4 is 0 Å². The molecule has 0 heteroatoms. The van der Waals surface area contributed by atoms with Crippen LogP contribution in [-0.2, 0) is 0 Å². The van der Waals surface area contributed by atoms with Crippen molar-refractivity contribution in [3.05, 3.63) is 122 Å². The lowest BCUT2D eigenvalue weighted by molar-refractivity contribution is 0.505. The highest BCUT2D eigenvalue weighted by Crippen LogP contribution is 2.22. The predicted octanol–water partition coefficient (Wildman–Crippen LogP) is 37.0. The molecule has 0 aromatic heterocycles. The molecule has 0 saturated heterocycles. The van der Waals surface area contributed by atoms with Gasteiger partial charge in [-0.05, 0) is 12.8 Å². The molecule has 0 saturated carbocycles. The third-order valence-corrected chi connectivity index (χ3v) is 21.8. The molecule has 100 heavy (non-hydrogen) atoms. The van der Waals surface area contributed by atoms with Gasteiger partial charge in [0.1, 0.15) is 0 Å². The molecule has 0 spiro atoms. The quantitative estimate of drug-likeness (QED) is 0.0421. The second kappa shape index (κ2) is 96.4. The molecule has 0 N–H and O–H groups in total. The minimum absolute atomic E-state index is 1.20. The van der Waals surface area contributed by atoms with Gasteiger partial charge in [-0.25, -0.2) is 0 Å². The number of hydrogen-bond donors (Lipinski definition) is 0. The van der Waals surface area contributed by atoms with Crippen molar-refractivity contribution in [1.82, 2.24) is 0 Å². The van der Waals surface area contributed by atoms with E-state index in [0.29, 0.717) is 0 Å². The fraction of sp³-hybridized carbons (Fsp3) is 0.800. The average Bonchev–Trinajstić information content (AvgIpc) is 3.66. The van der Waals surface area contributed by atoms with Crippen LogP contribution in [0.2, 0.25) is 0 Å². The summed E-state index contributed by atoms with van der Waals surface area (Å²) in [5.74, 6) is 0. The summed E-state index contributed by atoms with van der Waals surface area (Å²) in [7, 11) is 0. The molecule has 582 valence electrons. The van der Waals surface area contributed by atoms with E-state index in [1.165, 1.54) is 507 Å². The third-order valence-electron chi connectivity index (χ3n) is 21.8. The lowest BCUT2D eigenvalue weighted by Crippen LogP contribution is -1.85. The average molecular weight is 1380 g/mol. The number of rotatable bonds is 88. The minimum Gasteiger partial charge on any atom is -0.0991 e. The Bertz CT molecular complexity index is 1740. The van der Waals surface area contributed by atoms with Crippen LogP contribution in [-0.4, -0.2) is 0 Å². The van der Waals surface area contributed by atoms with Gasteiger partial charge >= 0.3 is 0 Å². The molecule has 0 aromatic rings. The van der Waals surface area contributed by atoms with Gasteiger partial charge in [0.05, 0.1) is 0 Å². The lowest BCUT2D eigenvalue weighted by Gasteiger charge is -2.05. The largest absolute Gasteiger partial charge is 0.0991 e. The van der Waals surface area contributed by atoms with E-state index in [1.54, 1.807) is 6.08 Å². The van der Waals surface area contributed by atoms with Crippen LogP contribution in [0, 0.1) is 0 Å². The van der Waals surface area contributed by atoms with Gasteiger partial charge in [0.25, 0.3) is 0 Å². The highest BCUT2D eigenvalue weighted by molar-refractivity contribution is 5.22. The van der Waals surface area contributed by atoms with E-state index >= 15 is 0 Å². The van der Waals surface area contributed by atoms with E-state index in [-0.39, 0.29) is 0 Å². The van der Waals surface area contributed by atoms with E-state index < -0.39 is 0 Å². The van der Waals surface area contributed by atoms with Gasteiger partial charge in [-0.2, -0.15) is 0 Å². The van der Waals surface area contributed by atoms with Crippen LogP contribution in [0.25, 0.3) is 0 Å². The molecular formula is C100H182. The van der Waals surface area contributed by atoms with Crippen molar-refractivity contribution in [3.63, 3.8) is 0 Å². The molecule has 0 aromatic carbocycles. The molecule has 0 fully saturated rings. The maximum Gasteiger partial charge on any atom is -0.0348 e. The maximum absolute atomic E-state index is 3.65. The van der Waals surface area contributed by atoms with Crippen molar-refractivity contribution in [2.45, 2.75) is 514 Å². The van der Waals surface area contributed by atoms with Crippen LogP contribution in [0.3, 0.4) is 0 Å². The van der Waals surface area contributed by atoms with Crippen molar-refractivity contribution in [1.29, 1.82) is 0 Å². The Kier molecular flexibility index (Phi) is 93.9. The highest BCUT2D eigenvalue weighted by atomic mass is 14.1. The van der Waals surface area contributed by atoms with E-state index in [9.17, 15) is 0 Å². The Labute approximate surface area is 632 Å². The molecule has 0 unspecified atom stereocenters. The molecule has 0 radical (unpaired) electrons. The van der Waals surface area contributed by atoms with Crippen molar-refractivity contribution < 1.29 is 0 Å². The van der Waals surface area contributed by atoms with Crippen LogP contribution in [0.15, 0.2) is 122 Å². The molecule has 0 amide bonds. The fourth-order valence-electron chi connectivity index (χ4n) is 15.0. The summed E-state index contributed by atoms with van der Waals surface area (Å²) >= 11 is 0. The second-order valence-electron chi connectivity index (χ2n) is 31.8. The molecule has 0 bridgehead atoms. The van der Waals surface area contributed by atoms with Gasteiger partial charge in [0.15, 0.2) is 0 Å². The first kappa shape index (κ1) is 97.4. The van der Waals surface area contributed by atoms with E-state index in [1.807, 2.05) is 66.8 Å². The first-order valence-electron chi connectivity index (χ1n) is 46.5. The van der Waals surface area contributed by atoms with Crippen molar-refractivity contribution in [2.75, 3.05) is 0 Å². The van der Waals surface area contributed by atoms with Crippen LogP contribution in [0.5, 0.6) is 0 Å². The summed E-state index contributed by atoms with van der Waals surface area (Å²) in [5.41, 5.74) is 0. The van der Waals surface area contributed by atoms with Crippen LogP contribution < -0.4 is 0 Å². The molecule has 0 rings (SSSR count). The summed E-state index contributed by atoms with van der Waals surface area (Å²) in [4.78, 5) is 0. The number of unbranched alkanes of at least 4 members (excludes halogenated alkanes) is 78. The van der Waals surface area contributed by atoms with Crippen LogP contribution >= 0.6 is 0 Å². The van der Waals surface area contributed by atoms with Gasteiger partial charge in [0.2, 0.25) is 0 Å². The molecule has 0 heterocycles. The summed E-state index contributed by atoms with van der Waals surface area (Å²) in [5, 5.41) is 0. The van der Waals surface area contributed by atoms with Gasteiger partial charge in [0, 0.05) is 0 Å². The van der Waals surface area contributed by atoms with E-state index in [0.717, 1.165) is 0 Å². The van der Waals surface area contributed by atoms with Crippen molar-refractivity contribution in [3.8, 4) is 0 Å². The van der Waals surface area contributed by atoms with Crippen LogP contribution in [0.1, 0.15) is 514 Å². The molecular weight excluding hydrogens is 1200 g/mol. The minimum atomic E-state index is 1.20. The molecule has 0 aliphatic rings. The van der Waals surface area contributed by atoms with Gasteiger partial charge < -0.3 is 0 Å². The molecule has 0 aliphatic carbocycles. The van der Waals surface area contributed by atoms with Gasteiger partial charge in [-0.1, -0.05) is 623 Å². The number of allylic oxidation sites excluding steroid dienone is 19. The topological polar surface area (TPSA) is 0 Å². The zero-order valence-electron chi connectivity index (χ0n) is 68.5. The second-order valence-corrected chi connectivity index (χ2v) is 31.8. The zero-order chi connectivity index (χ0) is 71.3. The lowest BCUT2D eigenvalue weighted by atomic mass is 10.0. The first-order valence-corrected chi connectivity index (χ1v) is 46.5. The summed E-state index contributed by atoms with van der Waals surface area (Å²) in [6.07, 6.45) is 156. The fourth-order valence-corrected chi connectivity index (χ4v) is 15.0. The molecule has 0 nitrogen and oxygen atoms in total. The Morgan fingerprint density at radius 2 is 0.220 bits per heavy atom. The SMILES string of the molecule is C=CC=CC=CC=CC=CC=CC=CC=CC=CC=CCCCCCCCCCCCCCCCCCCCCCCCCCCCCCCCCCCCCCCCCCCCCCCCCCCCCCCCCCCCCCCCCCCCCCCCCCCCCCCCC. The monoisotopic (exact) mass is 1380 g/mol. The van der Waals surface area contributed by atoms with Gasteiger partial charge in [-0.15, -0.1) is 0 Å². The van der Waals surface area contributed by atoms with Crippen molar-refractivity contribution in [2.24, 2.45) is 0 Å². The Morgan fingerprint density at radius 3 is 0.340 bits per heavy atom. The summed E-state index contributed by atoms with van der Waals surface area (Å²) in [6.45, 7) is 5.97. The smallest absolute Gasteiger partial charge is 0.0348 e. The van der Waals surface area contributed by atoms with E-state index in [4.69, 9.17) is 0 Å².